The number of carbonyl (C=O) groups is 4. The monoisotopic (exact) mass is 1400 g/mol. The molecule has 0 aliphatic carbocycles. The van der Waals surface area contributed by atoms with Crippen LogP contribution in [-0.2, 0) is 65.4 Å². The Bertz CT molecular complexity index is 1850. The van der Waals surface area contributed by atoms with Gasteiger partial charge in [0, 0.05) is 25.7 Å². The van der Waals surface area contributed by atoms with Crippen molar-refractivity contribution in [2.75, 3.05) is 39.6 Å². The van der Waals surface area contributed by atoms with Crippen molar-refractivity contribution >= 4 is 39.5 Å². The number of aliphatic hydroxyl groups is 1. The number of carbonyl (C=O) groups excluding carboxylic acids is 4. The van der Waals surface area contributed by atoms with Crippen LogP contribution < -0.4 is 0 Å². The van der Waals surface area contributed by atoms with Crippen molar-refractivity contribution < 1.29 is 80.2 Å². The normalized spacial score (nSPS) is 14.1. The first kappa shape index (κ1) is 93.1. The quantitative estimate of drug-likeness (QED) is 0.0222. The number of aliphatic hydroxyl groups excluding tert-OH is 1. The molecule has 0 amide bonds. The summed E-state index contributed by atoms with van der Waals surface area (Å²) in [6.45, 7) is 11.9. The summed E-state index contributed by atoms with van der Waals surface area (Å²) in [4.78, 5) is 72.8. The topological polar surface area (TPSA) is 237 Å². The number of rotatable bonds is 74. The molecule has 0 aliphatic rings. The van der Waals surface area contributed by atoms with Gasteiger partial charge in [-0.15, -0.1) is 0 Å². The average Bonchev–Trinajstić information content (AvgIpc) is 2.03. The van der Waals surface area contributed by atoms with Gasteiger partial charge in [-0.3, -0.25) is 37.3 Å². The van der Waals surface area contributed by atoms with Crippen molar-refractivity contribution in [1.29, 1.82) is 0 Å². The van der Waals surface area contributed by atoms with Gasteiger partial charge in [0.2, 0.25) is 0 Å². The molecule has 0 aliphatic heterocycles. The van der Waals surface area contributed by atoms with Crippen LogP contribution in [0.5, 0.6) is 0 Å². The van der Waals surface area contributed by atoms with E-state index in [0.717, 1.165) is 108 Å². The maximum atomic E-state index is 13.1. The fourth-order valence-electron chi connectivity index (χ4n) is 11.6. The zero-order chi connectivity index (χ0) is 70.1. The molecule has 17 nitrogen and oxygen atoms in total. The Morgan fingerprint density at radius 1 is 0.284 bits per heavy atom. The summed E-state index contributed by atoms with van der Waals surface area (Å²) < 4.78 is 68.5. The van der Waals surface area contributed by atoms with E-state index in [1.165, 1.54) is 199 Å². The number of hydrogen-bond acceptors (Lipinski definition) is 15. The molecular weight excluding hydrogens is 1250 g/mol. The maximum absolute atomic E-state index is 13.1. The van der Waals surface area contributed by atoms with E-state index >= 15 is 0 Å². The number of phosphoric ester groups is 2. The van der Waals surface area contributed by atoms with Crippen LogP contribution in [0.3, 0.4) is 0 Å². The van der Waals surface area contributed by atoms with Crippen LogP contribution in [0.15, 0.2) is 0 Å². The molecule has 0 aromatic carbocycles. The van der Waals surface area contributed by atoms with Crippen molar-refractivity contribution in [2.45, 2.75) is 407 Å². The molecule has 5 atom stereocenters. The molecule has 0 fully saturated rings. The van der Waals surface area contributed by atoms with Gasteiger partial charge in [0.25, 0.3) is 0 Å². The lowest BCUT2D eigenvalue weighted by molar-refractivity contribution is -0.161. The Morgan fingerprint density at radius 3 is 0.716 bits per heavy atom. The summed E-state index contributed by atoms with van der Waals surface area (Å²) >= 11 is 0. The van der Waals surface area contributed by atoms with Gasteiger partial charge in [-0.2, -0.15) is 0 Å². The Kier molecular flexibility index (Phi) is 65.2. The third-order valence-electron chi connectivity index (χ3n) is 17.6. The Morgan fingerprint density at radius 2 is 0.484 bits per heavy atom. The molecule has 95 heavy (non-hydrogen) atoms. The maximum Gasteiger partial charge on any atom is 0.472 e. The van der Waals surface area contributed by atoms with Crippen molar-refractivity contribution in [3.63, 3.8) is 0 Å². The fourth-order valence-corrected chi connectivity index (χ4v) is 13.2. The van der Waals surface area contributed by atoms with E-state index in [-0.39, 0.29) is 25.7 Å². The highest BCUT2D eigenvalue weighted by molar-refractivity contribution is 7.47. The lowest BCUT2D eigenvalue weighted by Crippen LogP contribution is -2.30. The van der Waals surface area contributed by atoms with E-state index in [4.69, 9.17) is 37.0 Å². The number of hydrogen-bond donors (Lipinski definition) is 3. The lowest BCUT2D eigenvalue weighted by atomic mass is 10.0. The van der Waals surface area contributed by atoms with Gasteiger partial charge >= 0.3 is 39.5 Å². The van der Waals surface area contributed by atoms with Crippen LogP contribution in [-0.4, -0.2) is 96.7 Å². The Labute approximate surface area is 581 Å². The second kappa shape index (κ2) is 66.6. The predicted molar refractivity (Wildman–Crippen MR) is 386 cm³/mol. The lowest BCUT2D eigenvalue weighted by Gasteiger charge is -2.21. The largest absolute Gasteiger partial charge is 0.472 e. The molecule has 3 N–H and O–H groups in total. The van der Waals surface area contributed by atoms with Crippen molar-refractivity contribution in [2.24, 2.45) is 17.8 Å². The fraction of sp³-hybridized carbons (Fsp3) is 0.947. The van der Waals surface area contributed by atoms with Crippen LogP contribution in [0.4, 0.5) is 0 Å². The molecule has 0 saturated carbocycles. The highest BCUT2D eigenvalue weighted by atomic mass is 31.2. The third-order valence-corrected chi connectivity index (χ3v) is 19.5. The Balaban J connectivity index is 5.26. The van der Waals surface area contributed by atoms with Gasteiger partial charge in [-0.25, -0.2) is 9.13 Å². The number of esters is 4. The van der Waals surface area contributed by atoms with E-state index < -0.39 is 97.5 Å². The molecule has 0 aromatic rings. The molecule has 564 valence electrons. The van der Waals surface area contributed by atoms with Crippen LogP contribution in [0.2, 0.25) is 0 Å². The van der Waals surface area contributed by atoms with Gasteiger partial charge in [0.05, 0.1) is 26.4 Å². The van der Waals surface area contributed by atoms with E-state index in [1.54, 1.807) is 0 Å². The molecule has 0 saturated heterocycles. The predicted octanol–water partition coefficient (Wildman–Crippen LogP) is 22.2. The van der Waals surface area contributed by atoms with E-state index in [1.807, 2.05) is 0 Å². The summed E-state index contributed by atoms with van der Waals surface area (Å²) in [5, 5.41) is 10.6. The van der Waals surface area contributed by atoms with Crippen LogP contribution >= 0.6 is 15.6 Å². The molecule has 0 spiro atoms. The summed E-state index contributed by atoms with van der Waals surface area (Å²) in [5.41, 5.74) is 0. The molecular formula is C76H148O17P2. The third kappa shape index (κ3) is 70.3. The smallest absolute Gasteiger partial charge is 0.462 e. The molecule has 0 rings (SSSR count). The van der Waals surface area contributed by atoms with E-state index in [2.05, 4.69) is 48.5 Å². The van der Waals surface area contributed by atoms with Crippen LogP contribution in [0, 0.1) is 17.8 Å². The van der Waals surface area contributed by atoms with Crippen molar-refractivity contribution in [1.82, 2.24) is 0 Å². The molecule has 2 unspecified atom stereocenters. The number of ether oxygens (including phenoxy) is 4. The summed E-state index contributed by atoms with van der Waals surface area (Å²) in [6.07, 6.45) is 52.7. The second-order valence-electron chi connectivity index (χ2n) is 28.8. The minimum atomic E-state index is -4.96. The standard InChI is InChI=1S/C76H148O17P2/c1-8-9-10-11-12-13-14-15-16-17-18-19-22-30-38-45-52-59-75(80)92-71(63-86-73(78)57-50-43-36-29-23-20-21-26-33-40-47-54-67(2)3)65-90-94(82,83)88-61-70(77)62-89-95(84,85)91-66-72(93-76(81)60-53-46-39-32-25-28-35-42-49-56-69(6)7)64-87-74(79)58-51-44-37-31-24-27-34-41-48-55-68(4)5/h67-72,77H,8-66H2,1-7H3,(H,82,83)(H,84,85)/t70-,71-,72-/m1/s1. The average molecular weight is 1400 g/mol. The van der Waals surface area contributed by atoms with Gasteiger partial charge in [-0.1, -0.05) is 337 Å². The number of phosphoric acid groups is 2. The molecule has 0 bridgehead atoms. The first-order valence-electron chi connectivity index (χ1n) is 39.3. The Hall–Kier alpha value is -1.94. The first-order valence-corrected chi connectivity index (χ1v) is 42.3. The first-order chi connectivity index (χ1) is 45.7. The SMILES string of the molecule is CCCCCCCCCCCCCCCCCCCC(=O)O[C@H](COC(=O)CCCCCCCCCCCCCC(C)C)COP(=O)(O)OC[C@@H](O)COP(=O)(O)OC[C@@H](COC(=O)CCCCCCCCCCCC(C)C)OC(=O)CCCCCCCCCCCC(C)C. The highest BCUT2D eigenvalue weighted by Crippen LogP contribution is 2.45. The van der Waals surface area contributed by atoms with Gasteiger partial charge < -0.3 is 33.8 Å². The van der Waals surface area contributed by atoms with Gasteiger partial charge in [0.15, 0.2) is 12.2 Å². The minimum Gasteiger partial charge on any atom is -0.462 e. The zero-order valence-corrected chi connectivity index (χ0v) is 63.9. The van der Waals surface area contributed by atoms with Gasteiger partial charge in [0.1, 0.15) is 19.3 Å². The summed E-state index contributed by atoms with van der Waals surface area (Å²) in [7, 11) is -9.91. The molecule has 0 heterocycles. The summed E-state index contributed by atoms with van der Waals surface area (Å²) in [6, 6.07) is 0. The molecule has 0 radical (unpaired) electrons. The molecule has 0 aromatic heterocycles. The zero-order valence-electron chi connectivity index (χ0n) is 62.1. The van der Waals surface area contributed by atoms with Gasteiger partial charge in [-0.05, 0) is 43.4 Å². The highest BCUT2D eigenvalue weighted by Gasteiger charge is 2.30. The minimum absolute atomic E-state index is 0.105. The molecule has 19 heteroatoms. The second-order valence-corrected chi connectivity index (χ2v) is 31.7. The van der Waals surface area contributed by atoms with E-state index in [9.17, 15) is 43.2 Å². The van der Waals surface area contributed by atoms with Crippen LogP contribution in [0.25, 0.3) is 0 Å². The van der Waals surface area contributed by atoms with E-state index in [0.29, 0.717) is 25.7 Å². The van der Waals surface area contributed by atoms with Crippen molar-refractivity contribution in [3.8, 4) is 0 Å². The summed E-state index contributed by atoms with van der Waals surface area (Å²) in [5.74, 6) is 0.134. The van der Waals surface area contributed by atoms with Crippen molar-refractivity contribution in [3.05, 3.63) is 0 Å². The number of unbranched alkanes of at least 4 members (excludes halogenated alkanes) is 42. The van der Waals surface area contributed by atoms with Crippen LogP contribution in [0.1, 0.15) is 389 Å².